The van der Waals surface area contributed by atoms with Gasteiger partial charge in [0, 0.05) is 41.0 Å². The van der Waals surface area contributed by atoms with Gasteiger partial charge in [-0.1, -0.05) is 36.4 Å². The zero-order chi connectivity index (χ0) is 25.1. The van der Waals surface area contributed by atoms with E-state index in [0.29, 0.717) is 29.5 Å². The maximum Gasteiger partial charge on any atom is 0.259 e. The lowest BCUT2D eigenvalue weighted by atomic mass is 10.1. The number of aromatic nitrogens is 1. The summed E-state index contributed by atoms with van der Waals surface area (Å²) in [5, 5.41) is 15.0. The zero-order valence-electron chi connectivity index (χ0n) is 19.4. The van der Waals surface area contributed by atoms with Gasteiger partial charge in [-0.3, -0.25) is 9.59 Å². The van der Waals surface area contributed by atoms with Crippen molar-refractivity contribution in [3.05, 3.63) is 84.6 Å². The molecular formula is C27H26N4O5. The Labute approximate surface area is 207 Å². The Balaban J connectivity index is 1.25. The number of hydrogen-bond donors (Lipinski definition) is 4. The second kappa shape index (κ2) is 10.1. The molecule has 0 aliphatic carbocycles. The Morgan fingerprint density at radius 2 is 2.00 bits per heavy atom. The fraction of sp³-hybridized carbons (Fsp3) is 0.185. The van der Waals surface area contributed by atoms with E-state index in [1.54, 1.807) is 42.6 Å². The van der Waals surface area contributed by atoms with Crippen LogP contribution in [-0.2, 0) is 20.9 Å². The number of benzene rings is 3. The smallest absolute Gasteiger partial charge is 0.259 e. The van der Waals surface area contributed by atoms with Crippen molar-refractivity contribution in [1.82, 2.24) is 4.98 Å². The quantitative estimate of drug-likeness (QED) is 0.318. The Morgan fingerprint density at radius 3 is 2.83 bits per heavy atom. The third-order valence-corrected chi connectivity index (χ3v) is 6.05. The average molecular weight is 487 g/mol. The van der Waals surface area contributed by atoms with Gasteiger partial charge in [-0.2, -0.15) is 0 Å². The third kappa shape index (κ3) is 4.88. The number of nitrogens with one attached hydrogen (secondary N) is 2. The van der Waals surface area contributed by atoms with E-state index in [1.165, 1.54) is 4.90 Å². The monoisotopic (exact) mass is 486 g/mol. The van der Waals surface area contributed by atoms with E-state index in [9.17, 15) is 14.7 Å². The summed E-state index contributed by atoms with van der Waals surface area (Å²) in [4.78, 5) is 30.4. The number of ether oxygens (including phenoxy) is 2. The molecule has 5 N–H and O–H groups in total. The molecule has 4 aromatic rings. The number of aliphatic hydroxyl groups is 1. The van der Waals surface area contributed by atoms with Gasteiger partial charge in [0.05, 0.1) is 6.61 Å². The fourth-order valence-electron chi connectivity index (χ4n) is 4.16. The number of hydrogen-bond acceptors (Lipinski definition) is 6. The standard InChI is InChI=1S/C27H26N4O5/c28-25-22-10-9-19(13-18(22)15-29-25)30-26(33)23(32)24-27(34)31(11-12-35-24)20-7-4-8-21(14-20)36-16-17-5-2-1-3-6-17/h1-10,13-15,23-24,29,32H,11-12,16,28H2,(H,30,33)/t23-,24-/m1/s1. The molecule has 2 atom stereocenters. The van der Waals surface area contributed by atoms with Crippen LogP contribution in [0.3, 0.4) is 0 Å². The predicted molar refractivity (Wildman–Crippen MR) is 137 cm³/mol. The molecule has 5 rings (SSSR count). The lowest BCUT2D eigenvalue weighted by Crippen LogP contribution is -2.55. The number of aliphatic hydroxyl groups excluding tert-OH is 1. The second-order valence-electron chi connectivity index (χ2n) is 8.49. The highest BCUT2D eigenvalue weighted by molar-refractivity contribution is 6.04. The van der Waals surface area contributed by atoms with Gasteiger partial charge in [-0.25, -0.2) is 0 Å². The van der Waals surface area contributed by atoms with E-state index in [2.05, 4.69) is 10.3 Å². The number of amides is 2. The summed E-state index contributed by atoms with van der Waals surface area (Å²) in [5.41, 5.74) is 7.95. The highest BCUT2D eigenvalue weighted by Gasteiger charge is 2.39. The topological polar surface area (TPSA) is 130 Å². The van der Waals surface area contributed by atoms with Crippen molar-refractivity contribution < 1.29 is 24.2 Å². The van der Waals surface area contributed by atoms with Crippen molar-refractivity contribution in [1.29, 1.82) is 0 Å². The molecule has 0 radical (unpaired) electrons. The number of nitrogens with two attached hydrogens (primary N) is 1. The molecule has 1 saturated heterocycles. The van der Waals surface area contributed by atoms with Crippen LogP contribution in [0.2, 0.25) is 0 Å². The normalized spacial score (nSPS) is 16.6. The summed E-state index contributed by atoms with van der Waals surface area (Å²) in [6.45, 7) is 0.853. The molecule has 3 aromatic carbocycles. The van der Waals surface area contributed by atoms with Crippen LogP contribution < -0.4 is 20.7 Å². The minimum atomic E-state index is -1.69. The number of nitrogen functional groups attached to an aromatic ring is 1. The average Bonchev–Trinajstić information content (AvgIpc) is 3.27. The molecule has 1 aromatic heterocycles. The molecule has 2 amide bonds. The number of carbonyl (C=O) groups is 2. The van der Waals surface area contributed by atoms with Gasteiger partial charge >= 0.3 is 0 Å². The van der Waals surface area contributed by atoms with E-state index in [-0.39, 0.29) is 13.2 Å². The highest BCUT2D eigenvalue weighted by Crippen LogP contribution is 2.27. The maximum atomic E-state index is 13.2. The van der Waals surface area contributed by atoms with E-state index >= 15 is 0 Å². The van der Waals surface area contributed by atoms with Gasteiger partial charge in [0.15, 0.2) is 12.2 Å². The third-order valence-electron chi connectivity index (χ3n) is 6.05. The van der Waals surface area contributed by atoms with Crippen LogP contribution >= 0.6 is 0 Å². The number of rotatable bonds is 7. The largest absolute Gasteiger partial charge is 0.489 e. The minimum absolute atomic E-state index is 0.171. The number of carbonyl (C=O) groups excluding carboxylic acids is 2. The van der Waals surface area contributed by atoms with E-state index in [0.717, 1.165) is 16.3 Å². The van der Waals surface area contributed by atoms with Crippen molar-refractivity contribution >= 4 is 39.8 Å². The molecule has 184 valence electrons. The van der Waals surface area contributed by atoms with E-state index < -0.39 is 24.0 Å². The predicted octanol–water partition coefficient (Wildman–Crippen LogP) is 3.06. The first-order valence-corrected chi connectivity index (χ1v) is 11.5. The molecule has 36 heavy (non-hydrogen) atoms. The van der Waals surface area contributed by atoms with E-state index in [4.69, 9.17) is 15.2 Å². The van der Waals surface area contributed by atoms with Gasteiger partial charge in [0.25, 0.3) is 11.8 Å². The molecule has 1 fully saturated rings. The molecule has 1 aliphatic rings. The number of aromatic amines is 1. The number of anilines is 3. The first-order valence-electron chi connectivity index (χ1n) is 11.5. The van der Waals surface area contributed by atoms with Crippen molar-refractivity contribution in [3.8, 4) is 5.75 Å². The van der Waals surface area contributed by atoms with Crippen LogP contribution in [0.5, 0.6) is 5.75 Å². The van der Waals surface area contributed by atoms with Crippen LogP contribution in [0.1, 0.15) is 5.56 Å². The molecule has 0 unspecified atom stereocenters. The number of fused-ring (bicyclic) bond motifs is 1. The van der Waals surface area contributed by atoms with Crippen LogP contribution in [0.4, 0.5) is 17.2 Å². The Bertz CT molecular complexity index is 1390. The van der Waals surface area contributed by atoms with E-state index in [1.807, 2.05) is 36.4 Å². The number of nitrogens with zero attached hydrogens (tertiary/aromatic N) is 1. The molecule has 0 bridgehead atoms. The fourth-order valence-corrected chi connectivity index (χ4v) is 4.16. The lowest BCUT2D eigenvalue weighted by molar-refractivity contribution is -0.150. The molecule has 0 saturated carbocycles. The van der Waals surface area contributed by atoms with Crippen molar-refractivity contribution in [2.75, 3.05) is 29.1 Å². The Morgan fingerprint density at radius 1 is 1.17 bits per heavy atom. The van der Waals surface area contributed by atoms with Gasteiger partial charge in [0.1, 0.15) is 18.2 Å². The number of H-pyrrole nitrogens is 1. The summed E-state index contributed by atoms with van der Waals surface area (Å²) in [5.74, 6) is -0.110. The summed E-state index contributed by atoms with van der Waals surface area (Å²) < 4.78 is 11.4. The van der Waals surface area contributed by atoms with Gasteiger partial charge in [-0.05, 0) is 35.9 Å². The molecule has 1 aliphatic heterocycles. The van der Waals surface area contributed by atoms with Crippen molar-refractivity contribution in [2.45, 2.75) is 18.8 Å². The SMILES string of the molecule is Nc1[nH]cc2cc(NC(=O)[C@H](O)[C@H]3OCCN(c4cccc(OCc5ccccc5)c4)C3=O)ccc12. The van der Waals surface area contributed by atoms with Gasteiger partial charge in [-0.15, -0.1) is 0 Å². The van der Waals surface area contributed by atoms with Gasteiger partial charge < -0.3 is 35.5 Å². The molecule has 9 heteroatoms. The zero-order valence-corrected chi connectivity index (χ0v) is 19.4. The molecule has 0 spiro atoms. The Hall–Kier alpha value is -4.34. The summed E-state index contributed by atoms with van der Waals surface area (Å²) in [6, 6.07) is 22.1. The second-order valence-corrected chi connectivity index (χ2v) is 8.49. The first-order chi connectivity index (χ1) is 17.5. The Kier molecular flexibility index (Phi) is 6.57. The van der Waals surface area contributed by atoms with Crippen LogP contribution in [0, 0.1) is 0 Å². The minimum Gasteiger partial charge on any atom is -0.489 e. The number of morpholine rings is 1. The van der Waals surface area contributed by atoms with Crippen LogP contribution in [-0.4, -0.2) is 47.3 Å². The highest BCUT2D eigenvalue weighted by atomic mass is 16.5. The van der Waals surface area contributed by atoms with Crippen LogP contribution in [0.15, 0.2) is 79.0 Å². The van der Waals surface area contributed by atoms with Crippen LogP contribution in [0.25, 0.3) is 10.8 Å². The summed E-state index contributed by atoms with van der Waals surface area (Å²) in [7, 11) is 0. The maximum absolute atomic E-state index is 13.2. The lowest BCUT2D eigenvalue weighted by Gasteiger charge is -2.34. The van der Waals surface area contributed by atoms with Crippen molar-refractivity contribution in [2.24, 2.45) is 0 Å². The van der Waals surface area contributed by atoms with Crippen molar-refractivity contribution in [3.63, 3.8) is 0 Å². The molecule has 9 nitrogen and oxygen atoms in total. The van der Waals surface area contributed by atoms with Gasteiger partial charge in [0.2, 0.25) is 0 Å². The molecular weight excluding hydrogens is 460 g/mol. The summed E-state index contributed by atoms with van der Waals surface area (Å²) >= 11 is 0. The summed E-state index contributed by atoms with van der Waals surface area (Å²) in [6.07, 6.45) is -1.30. The molecule has 2 heterocycles. The first kappa shape index (κ1) is 23.4.